The van der Waals surface area contributed by atoms with Gasteiger partial charge < -0.3 is 10.5 Å². The van der Waals surface area contributed by atoms with E-state index in [2.05, 4.69) is 20.9 Å². The Balaban J connectivity index is 2.58. The highest BCUT2D eigenvalue weighted by Crippen LogP contribution is 2.26. The molecule has 0 spiro atoms. The van der Waals surface area contributed by atoms with E-state index >= 15 is 0 Å². The molecule has 2 rings (SSSR count). The number of aromatic nitrogens is 2. The number of nitrogens with zero attached hydrogens (tertiary/aromatic N) is 2. The summed E-state index contributed by atoms with van der Waals surface area (Å²) in [5.74, 6) is -0.415. The van der Waals surface area contributed by atoms with Crippen LogP contribution in [-0.2, 0) is 11.3 Å². The summed E-state index contributed by atoms with van der Waals surface area (Å²) >= 11 is 4.56. The summed E-state index contributed by atoms with van der Waals surface area (Å²) in [5.41, 5.74) is 4.73. The van der Waals surface area contributed by atoms with Gasteiger partial charge in [0.05, 0.1) is 15.3 Å². The monoisotopic (exact) mass is 430 g/mol. The summed E-state index contributed by atoms with van der Waals surface area (Å²) in [7, 11) is 1.50. The molecule has 0 aromatic carbocycles. The maximum atomic E-state index is 12.9. The summed E-state index contributed by atoms with van der Waals surface area (Å²) < 4.78 is 7.10. The van der Waals surface area contributed by atoms with Crippen molar-refractivity contribution < 1.29 is 9.53 Å². The number of rotatable bonds is 7. The Morgan fingerprint density at radius 2 is 2.16 bits per heavy atom. The number of hydrogen-bond donors (Lipinski definition) is 2. The molecule has 0 saturated heterocycles. The fourth-order valence-corrected chi connectivity index (χ4v) is 3.68. The summed E-state index contributed by atoms with van der Waals surface area (Å²) in [6.45, 7) is 2.56. The molecule has 2 heterocycles. The molecule has 0 radical (unpaired) electrons. The van der Waals surface area contributed by atoms with Gasteiger partial charge in [0.25, 0.3) is 11.5 Å². The van der Waals surface area contributed by atoms with E-state index in [4.69, 9.17) is 10.5 Å². The largest absolute Gasteiger partial charge is 0.383 e. The first-order valence-corrected chi connectivity index (χ1v) is 9.20. The minimum atomic E-state index is -0.699. The molecule has 25 heavy (non-hydrogen) atoms. The first kappa shape index (κ1) is 19.4. The van der Waals surface area contributed by atoms with E-state index in [0.717, 1.165) is 3.79 Å². The van der Waals surface area contributed by atoms with Crippen LogP contribution < -0.4 is 21.9 Å². The van der Waals surface area contributed by atoms with Gasteiger partial charge in [-0.05, 0) is 34.5 Å². The molecule has 0 saturated carbocycles. The Morgan fingerprint density at radius 3 is 2.72 bits per heavy atom. The smallest absolute Gasteiger partial charge is 0.330 e. The van der Waals surface area contributed by atoms with Crippen LogP contribution in [0.15, 0.2) is 25.5 Å². The van der Waals surface area contributed by atoms with Gasteiger partial charge in [0.2, 0.25) is 0 Å². The molecule has 0 fully saturated rings. The van der Waals surface area contributed by atoms with Gasteiger partial charge in [-0.2, -0.15) is 0 Å². The number of ether oxygens (including phenoxy) is 1. The third kappa shape index (κ3) is 4.20. The zero-order chi connectivity index (χ0) is 18.6. The maximum Gasteiger partial charge on any atom is 0.330 e. The second-order valence-corrected chi connectivity index (χ2v) is 7.66. The van der Waals surface area contributed by atoms with Crippen molar-refractivity contribution in [2.45, 2.75) is 19.9 Å². The average Bonchev–Trinajstić information content (AvgIpc) is 3.00. The standard InChI is InChI=1S/C15H19BrN4O4S/c1-3-6-20-12(17)11(13(21)18-15(20)23)19(7-8-24-2)14(22)9-4-5-10(16)25-9/h4-5H,3,6-8,17H2,1-2H3,(H,18,21,23). The molecule has 0 atom stereocenters. The van der Waals surface area contributed by atoms with Gasteiger partial charge in [-0.25, -0.2) is 4.79 Å². The lowest BCUT2D eigenvalue weighted by Crippen LogP contribution is -2.42. The van der Waals surface area contributed by atoms with Gasteiger partial charge in [-0.15, -0.1) is 11.3 Å². The van der Waals surface area contributed by atoms with Crippen LogP contribution >= 0.6 is 27.3 Å². The van der Waals surface area contributed by atoms with Crippen LogP contribution in [0.5, 0.6) is 0 Å². The van der Waals surface area contributed by atoms with Gasteiger partial charge in [-0.3, -0.25) is 24.0 Å². The van der Waals surface area contributed by atoms with Gasteiger partial charge in [0.15, 0.2) is 5.69 Å². The van der Waals surface area contributed by atoms with E-state index in [-0.39, 0.29) is 30.6 Å². The zero-order valence-electron chi connectivity index (χ0n) is 13.9. The van der Waals surface area contributed by atoms with Crippen molar-refractivity contribution in [2.24, 2.45) is 0 Å². The normalized spacial score (nSPS) is 10.8. The molecule has 0 aliphatic carbocycles. The Labute approximate surface area is 156 Å². The van der Waals surface area contributed by atoms with Crippen molar-refractivity contribution in [1.29, 1.82) is 0 Å². The van der Waals surface area contributed by atoms with Crippen LogP contribution in [0.25, 0.3) is 0 Å². The van der Waals surface area contributed by atoms with Crippen LogP contribution in [0, 0.1) is 0 Å². The Bertz CT molecular complexity index is 873. The lowest BCUT2D eigenvalue weighted by Gasteiger charge is -2.23. The quantitative estimate of drug-likeness (QED) is 0.693. The number of anilines is 2. The second-order valence-electron chi connectivity index (χ2n) is 5.20. The van der Waals surface area contributed by atoms with Crippen molar-refractivity contribution in [3.8, 4) is 0 Å². The predicted molar refractivity (Wildman–Crippen MR) is 102 cm³/mol. The number of hydrogen-bond acceptors (Lipinski definition) is 6. The lowest BCUT2D eigenvalue weighted by molar-refractivity contribution is 0.0979. The number of amides is 1. The summed E-state index contributed by atoms with van der Waals surface area (Å²) in [6, 6.07) is 3.40. The molecule has 0 unspecified atom stereocenters. The van der Waals surface area contributed by atoms with E-state index in [9.17, 15) is 14.4 Å². The van der Waals surface area contributed by atoms with Gasteiger partial charge in [-0.1, -0.05) is 6.92 Å². The highest BCUT2D eigenvalue weighted by atomic mass is 79.9. The van der Waals surface area contributed by atoms with Crippen molar-refractivity contribution in [2.75, 3.05) is 30.9 Å². The number of carbonyl (C=O) groups is 1. The predicted octanol–water partition coefficient (Wildman–Crippen LogP) is 1.65. The molecule has 2 aromatic rings. The van der Waals surface area contributed by atoms with E-state index < -0.39 is 11.2 Å². The Kier molecular flexibility index (Phi) is 6.57. The number of nitrogen functional groups attached to an aromatic ring is 1. The molecule has 136 valence electrons. The molecular formula is C15H19BrN4O4S. The topological polar surface area (TPSA) is 110 Å². The van der Waals surface area contributed by atoms with Crippen LogP contribution in [0.2, 0.25) is 0 Å². The van der Waals surface area contributed by atoms with E-state index in [1.165, 1.54) is 27.9 Å². The van der Waals surface area contributed by atoms with Crippen molar-refractivity contribution in [3.63, 3.8) is 0 Å². The SMILES string of the molecule is CCCn1c(N)c(N(CCOC)C(=O)c2ccc(Br)s2)c(=O)[nH]c1=O. The molecule has 1 amide bonds. The van der Waals surface area contributed by atoms with Gasteiger partial charge in [0.1, 0.15) is 5.82 Å². The van der Waals surface area contributed by atoms with Crippen LogP contribution in [0.1, 0.15) is 23.0 Å². The van der Waals surface area contributed by atoms with Gasteiger partial charge in [0, 0.05) is 20.2 Å². The number of methoxy groups -OCH3 is 1. The number of H-pyrrole nitrogens is 1. The Morgan fingerprint density at radius 1 is 1.44 bits per heavy atom. The van der Waals surface area contributed by atoms with Crippen molar-refractivity contribution >= 4 is 44.7 Å². The molecule has 2 aromatic heterocycles. The highest BCUT2D eigenvalue weighted by Gasteiger charge is 2.25. The first-order chi connectivity index (χ1) is 11.9. The summed E-state index contributed by atoms with van der Waals surface area (Å²) in [6.07, 6.45) is 0.652. The molecule has 0 aliphatic heterocycles. The fraction of sp³-hybridized carbons (Fsp3) is 0.400. The second kappa shape index (κ2) is 8.45. The van der Waals surface area contributed by atoms with Gasteiger partial charge >= 0.3 is 5.69 Å². The van der Waals surface area contributed by atoms with Crippen molar-refractivity contribution in [3.05, 3.63) is 41.6 Å². The van der Waals surface area contributed by atoms with E-state index in [0.29, 0.717) is 17.8 Å². The summed E-state index contributed by atoms with van der Waals surface area (Å²) in [4.78, 5) is 41.2. The van der Waals surface area contributed by atoms with E-state index in [1.807, 2.05) is 6.92 Å². The zero-order valence-corrected chi connectivity index (χ0v) is 16.3. The number of thiophene rings is 1. The molecule has 0 bridgehead atoms. The van der Waals surface area contributed by atoms with Crippen LogP contribution in [-0.4, -0.2) is 35.7 Å². The number of nitrogens with one attached hydrogen (secondary N) is 1. The minimum absolute atomic E-state index is 0.0318. The van der Waals surface area contributed by atoms with Crippen molar-refractivity contribution in [1.82, 2.24) is 9.55 Å². The average molecular weight is 431 g/mol. The maximum absolute atomic E-state index is 12.9. The number of carbonyl (C=O) groups excluding carboxylic acids is 1. The number of halogens is 1. The molecule has 8 nitrogen and oxygen atoms in total. The summed E-state index contributed by atoms with van der Waals surface area (Å²) in [5, 5.41) is 0. The highest BCUT2D eigenvalue weighted by molar-refractivity contribution is 9.11. The lowest BCUT2D eigenvalue weighted by atomic mass is 10.3. The molecule has 0 aliphatic rings. The number of aromatic amines is 1. The van der Waals surface area contributed by atoms with Crippen LogP contribution in [0.3, 0.4) is 0 Å². The fourth-order valence-electron chi connectivity index (χ4n) is 2.34. The van der Waals surface area contributed by atoms with E-state index in [1.54, 1.807) is 12.1 Å². The molecule has 10 heteroatoms. The van der Waals surface area contributed by atoms with Crippen LogP contribution in [0.4, 0.5) is 11.5 Å². The molecule has 3 N–H and O–H groups in total. The molecular weight excluding hydrogens is 412 g/mol. The first-order valence-electron chi connectivity index (χ1n) is 7.59. The Hall–Kier alpha value is -1.91. The third-order valence-electron chi connectivity index (χ3n) is 3.48. The third-order valence-corrected chi connectivity index (χ3v) is 5.09. The minimum Gasteiger partial charge on any atom is -0.383 e. The number of nitrogens with two attached hydrogens (primary N) is 1.